The zero-order valence-corrected chi connectivity index (χ0v) is 13.4. The number of rotatable bonds is 6. The van der Waals surface area contributed by atoms with Gasteiger partial charge in [-0.3, -0.25) is 4.79 Å². The molecule has 0 radical (unpaired) electrons. The summed E-state index contributed by atoms with van der Waals surface area (Å²) in [6.07, 6.45) is 3.95. The van der Waals surface area contributed by atoms with Crippen LogP contribution in [0.15, 0.2) is 58.5 Å². The van der Waals surface area contributed by atoms with Crippen molar-refractivity contribution >= 4 is 23.9 Å². The number of ether oxygens (including phenoxy) is 1. The molecule has 0 unspecified atom stereocenters. The van der Waals surface area contributed by atoms with Crippen molar-refractivity contribution in [2.45, 2.75) is 11.3 Å². The summed E-state index contributed by atoms with van der Waals surface area (Å²) in [5, 5.41) is 3.97. The third kappa shape index (κ3) is 4.93. The van der Waals surface area contributed by atoms with Crippen LogP contribution in [0.4, 0.5) is 0 Å². The molecule has 0 aliphatic heterocycles. The van der Waals surface area contributed by atoms with Crippen molar-refractivity contribution in [3.8, 4) is 5.75 Å². The second kappa shape index (κ2) is 8.24. The molecule has 22 heavy (non-hydrogen) atoms. The van der Waals surface area contributed by atoms with E-state index in [9.17, 15) is 4.79 Å². The van der Waals surface area contributed by atoms with Gasteiger partial charge in [0, 0.05) is 4.90 Å². The van der Waals surface area contributed by atoms with Gasteiger partial charge in [0.15, 0.2) is 0 Å². The fourth-order valence-corrected chi connectivity index (χ4v) is 2.25. The molecule has 4 nitrogen and oxygen atoms in total. The summed E-state index contributed by atoms with van der Waals surface area (Å²) in [6.45, 7) is 0. The quantitative estimate of drug-likeness (QED) is 0.506. The highest BCUT2D eigenvalue weighted by atomic mass is 32.2. The van der Waals surface area contributed by atoms with Crippen LogP contribution in [0, 0.1) is 0 Å². The van der Waals surface area contributed by atoms with E-state index in [4.69, 9.17) is 4.74 Å². The zero-order valence-electron chi connectivity index (χ0n) is 12.6. The van der Waals surface area contributed by atoms with E-state index in [1.54, 1.807) is 25.1 Å². The monoisotopic (exact) mass is 314 g/mol. The molecule has 0 heterocycles. The Morgan fingerprint density at radius 1 is 1.18 bits per heavy atom. The number of carbonyl (C=O) groups excluding carboxylic acids is 1. The van der Waals surface area contributed by atoms with Crippen molar-refractivity contribution in [2.24, 2.45) is 5.10 Å². The fourth-order valence-electron chi connectivity index (χ4n) is 1.84. The number of carbonyl (C=O) groups is 1. The first kappa shape index (κ1) is 16.1. The molecule has 0 fully saturated rings. The minimum Gasteiger partial charge on any atom is -0.497 e. The van der Waals surface area contributed by atoms with E-state index in [1.807, 2.05) is 54.8 Å². The summed E-state index contributed by atoms with van der Waals surface area (Å²) in [7, 11) is 1.61. The van der Waals surface area contributed by atoms with Gasteiger partial charge in [0.2, 0.25) is 5.91 Å². The summed E-state index contributed by atoms with van der Waals surface area (Å²) in [5.41, 5.74) is 4.39. The van der Waals surface area contributed by atoms with Gasteiger partial charge in [0.1, 0.15) is 5.75 Å². The summed E-state index contributed by atoms with van der Waals surface area (Å²) in [6, 6.07) is 15.4. The van der Waals surface area contributed by atoms with Gasteiger partial charge in [-0.05, 0) is 41.6 Å². The van der Waals surface area contributed by atoms with E-state index >= 15 is 0 Å². The number of hydrogen-bond donors (Lipinski definition) is 1. The Morgan fingerprint density at radius 2 is 1.86 bits per heavy atom. The molecule has 1 N–H and O–H groups in total. The smallest absolute Gasteiger partial charge is 0.244 e. The van der Waals surface area contributed by atoms with Crippen LogP contribution in [0.1, 0.15) is 11.1 Å². The lowest BCUT2D eigenvalue weighted by Gasteiger charge is -2.03. The topological polar surface area (TPSA) is 50.7 Å². The molecular formula is C17H18N2O2S. The molecule has 0 spiro atoms. The first-order valence-electron chi connectivity index (χ1n) is 6.80. The molecular weight excluding hydrogens is 296 g/mol. The number of hydrogen-bond acceptors (Lipinski definition) is 4. The van der Waals surface area contributed by atoms with Crippen molar-refractivity contribution in [2.75, 3.05) is 13.4 Å². The summed E-state index contributed by atoms with van der Waals surface area (Å²) >= 11 is 1.69. The van der Waals surface area contributed by atoms with Crippen molar-refractivity contribution < 1.29 is 9.53 Å². The maximum atomic E-state index is 11.8. The van der Waals surface area contributed by atoms with E-state index in [2.05, 4.69) is 10.5 Å². The normalized spacial score (nSPS) is 10.6. The fraction of sp³-hybridized carbons (Fsp3) is 0.176. The Labute approximate surface area is 134 Å². The van der Waals surface area contributed by atoms with Gasteiger partial charge in [-0.25, -0.2) is 5.43 Å². The van der Waals surface area contributed by atoms with Crippen LogP contribution in [0.3, 0.4) is 0 Å². The standard InChI is InChI=1S/C17H18N2O2S/c1-21-15-7-3-13(4-8-15)11-17(20)19-18-12-14-5-9-16(22-2)10-6-14/h3-10,12H,11H2,1-2H3,(H,19,20)/b18-12-. The predicted molar refractivity (Wildman–Crippen MR) is 90.7 cm³/mol. The summed E-state index contributed by atoms with van der Waals surface area (Å²) in [4.78, 5) is 13.0. The van der Waals surface area contributed by atoms with Gasteiger partial charge >= 0.3 is 0 Å². The molecule has 2 aromatic carbocycles. The Morgan fingerprint density at radius 3 is 2.45 bits per heavy atom. The molecule has 2 rings (SSSR count). The molecule has 0 saturated heterocycles. The molecule has 5 heteroatoms. The van der Waals surface area contributed by atoms with Crippen LogP contribution in [-0.2, 0) is 11.2 Å². The second-order valence-corrected chi connectivity index (χ2v) is 5.47. The molecule has 114 valence electrons. The Kier molecular flexibility index (Phi) is 6.03. The molecule has 0 saturated carbocycles. The number of amides is 1. The van der Waals surface area contributed by atoms with E-state index in [1.165, 1.54) is 4.90 Å². The van der Waals surface area contributed by atoms with Crippen LogP contribution in [-0.4, -0.2) is 25.5 Å². The average molecular weight is 314 g/mol. The minimum absolute atomic E-state index is 0.151. The van der Waals surface area contributed by atoms with Gasteiger partial charge in [-0.1, -0.05) is 24.3 Å². The molecule has 0 aliphatic carbocycles. The third-order valence-corrected chi connectivity index (χ3v) is 3.79. The highest BCUT2D eigenvalue weighted by Crippen LogP contribution is 2.14. The van der Waals surface area contributed by atoms with Gasteiger partial charge in [0.05, 0.1) is 19.7 Å². The number of thioether (sulfide) groups is 1. The average Bonchev–Trinajstić information content (AvgIpc) is 2.56. The van der Waals surface area contributed by atoms with Crippen molar-refractivity contribution in [1.29, 1.82) is 0 Å². The van der Waals surface area contributed by atoms with Crippen molar-refractivity contribution in [1.82, 2.24) is 5.43 Å². The largest absolute Gasteiger partial charge is 0.497 e. The van der Waals surface area contributed by atoms with E-state index in [0.717, 1.165) is 16.9 Å². The van der Waals surface area contributed by atoms with Gasteiger partial charge in [0.25, 0.3) is 0 Å². The first-order chi connectivity index (χ1) is 10.7. The van der Waals surface area contributed by atoms with Crippen LogP contribution in [0.5, 0.6) is 5.75 Å². The number of nitrogens with one attached hydrogen (secondary N) is 1. The molecule has 0 aliphatic rings. The Bertz CT molecular complexity index is 637. The molecule has 2 aromatic rings. The maximum Gasteiger partial charge on any atom is 0.244 e. The summed E-state index contributed by atoms with van der Waals surface area (Å²) < 4.78 is 5.08. The van der Waals surface area contributed by atoms with Crippen LogP contribution in [0.25, 0.3) is 0 Å². The van der Waals surface area contributed by atoms with E-state index in [0.29, 0.717) is 0 Å². The first-order valence-corrected chi connectivity index (χ1v) is 8.02. The van der Waals surface area contributed by atoms with Crippen LogP contribution in [0.2, 0.25) is 0 Å². The molecule has 0 bridgehead atoms. The highest BCUT2D eigenvalue weighted by molar-refractivity contribution is 7.98. The minimum atomic E-state index is -0.151. The Hall–Kier alpha value is -2.27. The maximum absolute atomic E-state index is 11.8. The lowest BCUT2D eigenvalue weighted by atomic mass is 10.1. The number of benzene rings is 2. The lowest BCUT2D eigenvalue weighted by Crippen LogP contribution is -2.19. The third-order valence-electron chi connectivity index (χ3n) is 3.04. The van der Waals surface area contributed by atoms with Crippen molar-refractivity contribution in [3.63, 3.8) is 0 Å². The number of hydrazone groups is 1. The number of methoxy groups -OCH3 is 1. The predicted octanol–water partition coefficient (Wildman–Crippen LogP) is 3.11. The van der Waals surface area contributed by atoms with Gasteiger partial charge < -0.3 is 4.74 Å². The van der Waals surface area contributed by atoms with E-state index < -0.39 is 0 Å². The van der Waals surface area contributed by atoms with Crippen LogP contribution >= 0.6 is 11.8 Å². The van der Waals surface area contributed by atoms with Crippen LogP contribution < -0.4 is 10.2 Å². The SMILES string of the molecule is COc1ccc(CC(=O)N/N=C\c2ccc(SC)cc2)cc1. The second-order valence-electron chi connectivity index (χ2n) is 4.59. The summed E-state index contributed by atoms with van der Waals surface area (Å²) in [5.74, 6) is 0.623. The Balaban J connectivity index is 1.84. The lowest BCUT2D eigenvalue weighted by molar-refractivity contribution is -0.120. The van der Waals surface area contributed by atoms with Crippen molar-refractivity contribution in [3.05, 3.63) is 59.7 Å². The molecule has 0 aromatic heterocycles. The number of nitrogens with zero attached hydrogens (tertiary/aromatic N) is 1. The van der Waals surface area contributed by atoms with Gasteiger partial charge in [-0.15, -0.1) is 11.8 Å². The molecule has 1 amide bonds. The zero-order chi connectivity index (χ0) is 15.8. The molecule has 0 atom stereocenters. The highest BCUT2D eigenvalue weighted by Gasteiger charge is 2.02. The van der Waals surface area contributed by atoms with Gasteiger partial charge in [-0.2, -0.15) is 5.10 Å². The van der Waals surface area contributed by atoms with E-state index in [-0.39, 0.29) is 12.3 Å².